The molecule has 0 atom stereocenters. The summed E-state index contributed by atoms with van der Waals surface area (Å²) in [5, 5.41) is 8.37. The van der Waals surface area contributed by atoms with E-state index in [-0.39, 0.29) is 6.42 Å². The summed E-state index contributed by atoms with van der Waals surface area (Å²) < 4.78 is 23.0. The van der Waals surface area contributed by atoms with Crippen molar-refractivity contribution in [3.63, 3.8) is 0 Å². The number of hydrogen-bond donors (Lipinski definition) is 2. The van der Waals surface area contributed by atoms with E-state index in [0.29, 0.717) is 0 Å². The second-order valence-electron chi connectivity index (χ2n) is 2.99. The van der Waals surface area contributed by atoms with Crippen LogP contribution in [0.25, 0.3) is 0 Å². The fourth-order valence-corrected chi connectivity index (χ4v) is 2.10. The lowest BCUT2D eigenvalue weighted by Crippen LogP contribution is -2.42. The molecule has 0 saturated heterocycles. The van der Waals surface area contributed by atoms with Crippen LogP contribution in [0.3, 0.4) is 0 Å². The van der Waals surface area contributed by atoms with E-state index in [1.165, 1.54) is 13.8 Å². The Bertz CT molecular complexity index is 271. The first-order chi connectivity index (χ1) is 5.12. The minimum absolute atomic E-state index is 0.320. The van der Waals surface area contributed by atoms with E-state index in [0.717, 1.165) is 0 Å². The van der Waals surface area contributed by atoms with Gasteiger partial charge in [0.05, 0.1) is 6.42 Å². The molecule has 0 fully saturated rings. The molecular weight excluding hydrogens is 206 g/mol. The van der Waals surface area contributed by atoms with Crippen molar-refractivity contribution in [2.75, 3.05) is 0 Å². The first-order valence-corrected chi connectivity index (χ1v) is 5.39. The molecule has 0 spiro atoms. The number of carbonyl (C=O) groups is 1. The van der Waals surface area contributed by atoms with Gasteiger partial charge >= 0.3 is 5.97 Å². The minimum atomic E-state index is -3.87. The van der Waals surface area contributed by atoms with Crippen molar-refractivity contribution in [1.82, 2.24) is 4.72 Å². The number of halogens is 1. The Balaban J connectivity index is 4.33. The van der Waals surface area contributed by atoms with Crippen molar-refractivity contribution in [3.8, 4) is 0 Å². The Morgan fingerprint density at radius 3 is 2.25 bits per heavy atom. The number of rotatable bonds is 4. The van der Waals surface area contributed by atoms with Gasteiger partial charge in [-0.05, 0) is 13.8 Å². The van der Waals surface area contributed by atoms with Crippen LogP contribution in [0, 0.1) is 0 Å². The zero-order valence-corrected chi connectivity index (χ0v) is 8.24. The van der Waals surface area contributed by atoms with Crippen molar-refractivity contribution in [1.29, 1.82) is 0 Å². The molecule has 0 unspecified atom stereocenters. The normalized spacial score (nSPS) is 12.9. The van der Waals surface area contributed by atoms with Crippen LogP contribution in [-0.2, 0) is 14.0 Å². The molecule has 0 heterocycles. The van der Waals surface area contributed by atoms with E-state index in [1.807, 2.05) is 4.72 Å². The summed E-state index contributed by atoms with van der Waals surface area (Å²) in [7, 11) is 1.00. The average Bonchev–Trinajstić information content (AvgIpc) is 1.48. The molecule has 0 aromatic rings. The van der Waals surface area contributed by atoms with Crippen molar-refractivity contribution < 1.29 is 18.3 Å². The molecule has 72 valence electrons. The van der Waals surface area contributed by atoms with Crippen molar-refractivity contribution in [2.24, 2.45) is 0 Å². The number of nitrogens with one attached hydrogen (secondary N) is 1. The zero-order valence-electron chi connectivity index (χ0n) is 6.67. The molecule has 0 saturated carbocycles. The quantitative estimate of drug-likeness (QED) is 0.662. The molecule has 0 aliphatic heterocycles. The Labute approximate surface area is 75.3 Å². The van der Waals surface area contributed by atoms with Crippen LogP contribution in [0.5, 0.6) is 0 Å². The van der Waals surface area contributed by atoms with Gasteiger partial charge in [-0.3, -0.25) is 4.79 Å². The van der Waals surface area contributed by atoms with Gasteiger partial charge in [0.1, 0.15) is 0 Å². The molecule has 0 aliphatic carbocycles. The van der Waals surface area contributed by atoms with Crippen LogP contribution in [0.4, 0.5) is 0 Å². The summed E-state index contributed by atoms with van der Waals surface area (Å²) in [5.74, 6) is -1.09. The van der Waals surface area contributed by atoms with E-state index >= 15 is 0 Å². The van der Waals surface area contributed by atoms with Crippen molar-refractivity contribution >= 4 is 25.9 Å². The fourth-order valence-electron chi connectivity index (χ4n) is 0.744. The van der Waals surface area contributed by atoms with E-state index in [2.05, 4.69) is 0 Å². The Morgan fingerprint density at radius 1 is 1.58 bits per heavy atom. The van der Waals surface area contributed by atoms with Crippen LogP contribution in [0.2, 0.25) is 0 Å². The van der Waals surface area contributed by atoms with E-state index in [4.69, 9.17) is 15.8 Å². The molecule has 0 aromatic heterocycles. The molecule has 12 heavy (non-hydrogen) atoms. The maximum atomic E-state index is 10.5. The third-order valence-electron chi connectivity index (χ3n) is 0.991. The smallest absolute Gasteiger partial charge is 0.305 e. The maximum Gasteiger partial charge on any atom is 0.305 e. The van der Waals surface area contributed by atoms with Crippen LogP contribution < -0.4 is 4.72 Å². The van der Waals surface area contributed by atoms with Gasteiger partial charge in [0, 0.05) is 16.2 Å². The summed E-state index contributed by atoms with van der Waals surface area (Å²) in [5.41, 5.74) is -1.06. The molecule has 0 aromatic carbocycles. The third kappa shape index (κ3) is 6.38. The lowest BCUT2D eigenvalue weighted by atomic mass is 10.0. The standard InChI is InChI=1S/C5H10ClNO4S/c1-5(2,3-4(8)9)7-12(6,10)11/h7H,3H2,1-2H3,(H,8,9). The average molecular weight is 216 g/mol. The van der Waals surface area contributed by atoms with E-state index < -0.39 is 20.7 Å². The Kier molecular flexibility index (Phi) is 3.49. The third-order valence-corrected chi connectivity index (χ3v) is 2.02. The molecule has 2 N–H and O–H groups in total. The highest BCUT2D eigenvalue weighted by Crippen LogP contribution is 2.11. The van der Waals surface area contributed by atoms with E-state index in [1.54, 1.807) is 0 Å². The largest absolute Gasteiger partial charge is 0.481 e. The second kappa shape index (κ2) is 3.59. The summed E-state index contributed by atoms with van der Waals surface area (Å²) in [6, 6.07) is 0. The minimum Gasteiger partial charge on any atom is -0.481 e. The van der Waals surface area contributed by atoms with Crippen LogP contribution in [0.15, 0.2) is 0 Å². The number of aliphatic carboxylic acids is 1. The number of carboxylic acid groups (broad SMARTS) is 1. The molecule has 0 rings (SSSR count). The lowest BCUT2D eigenvalue weighted by molar-refractivity contribution is -0.138. The van der Waals surface area contributed by atoms with Crippen molar-refractivity contribution in [2.45, 2.75) is 25.8 Å². The molecule has 5 nitrogen and oxygen atoms in total. The SMILES string of the molecule is CC(C)(CC(=O)O)NS(=O)(=O)Cl. The van der Waals surface area contributed by atoms with Gasteiger partial charge < -0.3 is 5.11 Å². The van der Waals surface area contributed by atoms with Gasteiger partial charge in [-0.1, -0.05) is 0 Å². The monoisotopic (exact) mass is 215 g/mol. The molecule has 0 aliphatic rings. The highest BCUT2D eigenvalue weighted by atomic mass is 35.7. The van der Waals surface area contributed by atoms with Crippen LogP contribution >= 0.6 is 10.7 Å². The Hall–Kier alpha value is -0.330. The van der Waals surface area contributed by atoms with Crippen LogP contribution in [-0.4, -0.2) is 25.0 Å². The second-order valence-corrected chi connectivity index (χ2v) is 5.29. The van der Waals surface area contributed by atoms with Gasteiger partial charge in [-0.15, -0.1) is 0 Å². The highest BCUT2D eigenvalue weighted by molar-refractivity contribution is 8.12. The first-order valence-electron chi connectivity index (χ1n) is 3.08. The molecule has 0 amide bonds. The lowest BCUT2D eigenvalue weighted by Gasteiger charge is -2.21. The van der Waals surface area contributed by atoms with Crippen molar-refractivity contribution in [3.05, 3.63) is 0 Å². The summed E-state index contributed by atoms with van der Waals surface area (Å²) >= 11 is 0. The predicted molar refractivity (Wildman–Crippen MR) is 44.2 cm³/mol. The van der Waals surface area contributed by atoms with Gasteiger partial charge in [-0.25, -0.2) is 0 Å². The summed E-state index contributed by atoms with van der Waals surface area (Å²) in [6.45, 7) is 2.86. The van der Waals surface area contributed by atoms with Gasteiger partial charge in [0.2, 0.25) is 0 Å². The van der Waals surface area contributed by atoms with E-state index in [9.17, 15) is 13.2 Å². The number of hydrogen-bond acceptors (Lipinski definition) is 3. The van der Waals surface area contributed by atoms with Gasteiger partial charge in [-0.2, -0.15) is 13.1 Å². The molecule has 0 bridgehead atoms. The number of carboxylic acids is 1. The van der Waals surface area contributed by atoms with Gasteiger partial charge in [0.15, 0.2) is 0 Å². The molecule has 0 radical (unpaired) electrons. The van der Waals surface area contributed by atoms with Crippen LogP contribution in [0.1, 0.15) is 20.3 Å². The van der Waals surface area contributed by atoms with Gasteiger partial charge in [0.25, 0.3) is 9.24 Å². The summed E-state index contributed by atoms with van der Waals surface area (Å²) in [6.07, 6.45) is -0.320. The fraction of sp³-hybridized carbons (Fsp3) is 0.800. The first kappa shape index (κ1) is 11.7. The zero-order chi connectivity index (χ0) is 9.99. The highest BCUT2D eigenvalue weighted by Gasteiger charge is 2.26. The molecule has 7 heteroatoms. The summed E-state index contributed by atoms with van der Waals surface area (Å²) in [4.78, 5) is 10.2. The topological polar surface area (TPSA) is 83.5 Å². The molecular formula is C5H10ClNO4S. The Morgan fingerprint density at radius 2 is 2.00 bits per heavy atom. The predicted octanol–water partition coefficient (Wildman–Crippen LogP) is 0.313. The maximum absolute atomic E-state index is 10.5.